The van der Waals surface area contributed by atoms with Gasteiger partial charge in [-0.2, -0.15) is 5.26 Å². The summed E-state index contributed by atoms with van der Waals surface area (Å²) in [5.41, 5.74) is 1.03. The van der Waals surface area contributed by atoms with Crippen LogP contribution in [0.15, 0.2) is 42.5 Å². The highest BCUT2D eigenvalue weighted by molar-refractivity contribution is 5.61. The van der Waals surface area contributed by atoms with Crippen LogP contribution in [0.25, 0.3) is 0 Å². The molecule has 0 atom stereocenters. The molecule has 2 nitrogen and oxygen atoms in total. The Morgan fingerprint density at radius 1 is 1.06 bits per heavy atom. The van der Waals surface area contributed by atoms with Gasteiger partial charge in [0.25, 0.3) is 0 Å². The third-order valence-electron chi connectivity index (χ3n) is 2.22. The highest BCUT2D eigenvalue weighted by atomic mass is 19.2. The first-order chi connectivity index (χ1) is 8.20. The number of halogens is 2. The van der Waals surface area contributed by atoms with Crippen LogP contribution in [0.4, 0.5) is 20.2 Å². The highest BCUT2D eigenvalue weighted by Crippen LogP contribution is 2.22. The van der Waals surface area contributed by atoms with Crippen molar-refractivity contribution in [1.29, 1.82) is 5.26 Å². The van der Waals surface area contributed by atoms with Crippen molar-refractivity contribution in [3.05, 3.63) is 59.7 Å². The van der Waals surface area contributed by atoms with Crippen LogP contribution in [-0.2, 0) is 0 Å². The predicted molar refractivity (Wildman–Crippen MR) is 60.8 cm³/mol. The number of nitrogens with one attached hydrogen (secondary N) is 1. The van der Waals surface area contributed by atoms with Gasteiger partial charge in [0, 0.05) is 5.69 Å². The lowest BCUT2D eigenvalue weighted by Gasteiger charge is -2.07. The molecule has 17 heavy (non-hydrogen) atoms. The van der Waals surface area contributed by atoms with E-state index in [0.29, 0.717) is 11.3 Å². The van der Waals surface area contributed by atoms with E-state index in [9.17, 15) is 8.78 Å². The molecule has 0 bridgehead atoms. The minimum absolute atomic E-state index is 0.0417. The van der Waals surface area contributed by atoms with E-state index in [1.165, 1.54) is 12.1 Å². The third-order valence-corrected chi connectivity index (χ3v) is 2.22. The molecule has 0 aliphatic rings. The average molecular weight is 230 g/mol. The zero-order valence-electron chi connectivity index (χ0n) is 8.74. The summed E-state index contributed by atoms with van der Waals surface area (Å²) in [6.45, 7) is 0. The highest BCUT2D eigenvalue weighted by Gasteiger charge is 2.07. The lowest BCUT2D eigenvalue weighted by Crippen LogP contribution is -1.96. The van der Waals surface area contributed by atoms with Gasteiger partial charge in [-0.25, -0.2) is 8.78 Å². The maximum atomic E-state index is 13.4. The molecule has 0 saturated heterocycles. The summed E-state index contributed by atoms with van der Waals surface area (Å²) < 4.78 is 26.3. The molecule has 0 radical (unpaired) electrons. The van der Waals surface area contributed by atoms with Crippen LogP contribution in [-0.4, -0.2) is 0 Å². The van der Waals surface area contributed by atoms with Gasteiger partial charge >= 0.3 is 0 Å². The largest absolute Gasteiger partial charge is 0.353 e. The van der Waals surface area contributed by atoms with Gasteiger partial charge < -0.3 is 5.32 Å². The average Bonchev–Trinajstić information content (AvgIpc) is 2.35. The normalized spacial score (nSPS) is 9.71. The standard InChI is InChI=1S/C13H8F2N2/c14-11-5-2-6-12(13(11)15)17-10-4-1-3-9(7-10)8-16/h1-7,17H. The van der Waals surface area contributed by atoms with Crippen molar-refractivity contribution >= 4 is 11.4 Å². The number of nitriles is 1. The first-order valence-electron chi connectivity index (χ1n) is 4.92. The molecule has 84 valence electrons. The smallest absolute Gasteiger partial charge is 0.182 e. The first kappa shape index (κ1) is 11.1. The summed E-state index contributed by atoms with van der Waals surface area (Å²) in [5, 5.41) is 11.4. The summed E-state index contributed by atoms with van der Waals surface area (Å²) in [5.74, 6) is -1.85. The van der Waals surface area contributed by atoms with E-state index in [4.69, 9.17) is 5.26 Å². The molecule has 0 aliphatic heterocycles. The van der Waals surface area contributed by atoms with Crippen molar-refractivity contribution in [2.24, 2.45) is 0 Å². The van der Waals surface area contributed by atoms with Gasteiger partial charge in [0.15, 0.2) is 11.6 Å². The number of hydrogen-bond acceptors (Lipinski definition) is 2. The molecule has 0 aliphatic carbocycles. The first-order valence-corrected chi connectivity index (χ1v) is 4.92. The Kier molecular flexibility index (Phi) is 3.01. The van der Waals surface area contributed by atoms with Gasteiger partial charge in [0.05, 0.1) is 17.3 Å². The quantitative estimate of drug-likeness (QED) is 0.855. The maximum Gasteiger partial charge on any atom is 0.182 e. The van der Waals surface area contributed by atoms with Crippen LogP contribution in [0, 0.1) is 23.0 Å². The Bertz CT molecular complexity index is 588. The molecule has 0 aromatic heterocycles. The number of hydrogen-bond donors (Lipinski definition) is 1. The zero-order chi connectivity index (χ0) is 12.3. The van der Waals surface area contributed by atoms with Crippen LogP contribution in [0.3, 0.4) is 0 Å². The molecule has 0 unspecified atom stereocenters. The van der Waals surface area contributed by atoms with Crippen molar-refractivity contribution in [2.45, 2.75) is 0 Å². The molecule has 4 heteroatoms. The fraction of sp³-hybridized carbons (Fsp3) is 0. The Hall–Kier alpha value is -2.41. The summed E-state index contributed by atoms with van der Waals surface area (Å²) >= 11 is 0. The summed E-state index contributed by atoms with van der Waals surface area (Å²) in [4.78, 5) is 0. The van der Waals surface area contributed by atoms with E-state index in [1.54, 1.807) is 24.3 Å². The maximum absolute atomic E-state index is 13.4. The van der Waals surface area contributed by atoms with Crippen LogP contribution in [0.5, 0.6) is 0 Å². The number of rotatable bonds is 2. The van der Waals surface area contributed by atoms with Crippen LogP contribution in [0.2, 0.25) is 0 Å². The summed E-state index contributed by atoms with van der Waals surface area (Å²) in [7, 11) is 0. The van der Waals surface area contributed by atoms with E-state index in [0.717, 1.165) is 6.07 Å². The summed E-state index contributed by atoms with van der Waals surface area (Å²) in [6.07, 6.45) is 0. The second-order valence-electron chi connectivity index (χ2n) is 3.42. The van der Waals surface area contributed by atoms with Gasteiger partial charge in [0.1, 0.15) is 0 Å². The fourth-order valence-corrected chi connectivity index (χ4v) is 1.42. The summed E-state index contributed by atoms with van der Waals surface area (Å²) in [6, 6.07) is 12.4. The van der Waals surface area contributed by atoms with Crippen LogP contribution in [0.1, 0.15) is 5.56 Å². The second-order valence-corrected chi connectivity index (χ2v) is 3.42. The second kappa shape index (κ2) is 4.62. The topological polar surface area (TPSA) is 35.8 Å². The lowest BCUT2D eigenvalue weighted by molar-refractivity contribution is 0.512. The number of nitrogens with zero attached hydrogens (tertiary/aromatic N) is 1. The van der Waals surface area contributed by atoms with E-state index in [1.807, 2.05) is 6.07 Å². The minimum atomic E-state index is -0.935. The third kappa shape index (κ3) is 2.40. The van der Waals surface area contributed by atoms with Gasteiger partial charge in [-0.05, 0) is 30.3 Å². The fourth-order valence-electron chi connectivity index (χ4n) is 1.42. The molecule has 2 aromatic carbocycles. The van der Waals surface area contributed by atoms with Gasteiger partial charge in [-0.1, -0.05) is 12.1 Å². The number of benzene rings is 2. The Morgan fingerprint density at radius 3 is 2.59 bits per heavy atom. The van der Waals surface area contributed by atoms with Crippen molar-refractivity contribution in [3.8, 4) is 6.07 Å². The van der Waals surface area contributed by atoms with E-state index in [-0.39, 0.29) is 5.69 Å². The molecule has 1 N–H and O–H groups in total. The number of anilines is 2. The molecule has 2 aromatic rings. The Morgan fingerprint density at radius 2 is 1.82 bits per heavy atom. The van der Waals surface area contributed by atoms with Crippen molar-refractivity contribution in [2.75, 3.05) is 5.32 Å². The van der Waals surface area contributed by atoms with E-state index >= 15 is 0 Å². The van der Waals surface area contributed by atoms with Crippen molar-refractivity contribution in [3.63, 3.8) is 0 Å². The Labute approximate surface area is 97.1 Å². The lowest BCUT2D eigenvalue weighted by atomic mass is 10.2. The van der Waals surface area contributed by atoms with E-state index in [2.05, 4.69) is 5.32 Å². The van der Waals surface area contributed by atoms with Crippen LogP contribution < -0.4 is 5.32 Å². The van der Waals surface area contributed by atoms with Crippen LogP contribution >= 0.6 is 0 Å². The molecule has 0 heterocycles. The van der Waals surface area contributed by atoms with Crippen molar-refractivity contribution < 1.29 is 8.78 Å². The minimum Gasteiger partial charge on any atom is -0.353 e. The van der Waals surface area contributed by atoms with E-state index < -0.39 is 11.6 Å². The molecular weight excluding hydrogens is 222 g/mol. The molecule has 0 amide bonds. The molecule has 0 spiro atoms. The molecule has 2 rings (SSSR count). The zero-order valence-corrected chi connectivity index (χ0v) is 8.74. The monoisotopic (exact) mass is 230 g/mol. The molecule has 0 saturated carbocycles. The van der Waals surface area contributed by atoms with Gasteiger partial charge in [-0.15, -0.1) is 0 Å². The molecular formula is C13H8F2N2. The molecule has 0 fully saturated rings. The van der Waals surface area contributed by atoms with Gasteiger partial charge in [0.2, 0.25) is 0 Å². The Balaban J connectivity index is 2.32. The van der Waals surface area contributed by atoms with Gasteiger partial charge in [-0.3, -0.25) is 0 Å². The predicted octanol–water partition coefficient (Wildman–Crippen LogP) is 3.58. The SMILES string of the molecule is N#Cc1cccc(Nc2cccc(F)c2F)c1. The van der Waals surface area contributed by atoms with Crippen molar-refractivity contribution in [1.82, 2.24) is 0 Å².